The number of pyridine rings is 1. The number of benzene rings is 2. The highest BCUT2D eigenvalue weighted by Crippen LogP contribution is 2.24. The first-order chi connectivity index (χ1) is 11.4. The van der Waals surface area contributed by atoms with Gasteiger partial charge in [0, 0.05) is 34.1 Å². The summed E-state index contributed by atoms with van der Waals surface area (Å²) < 4.78 is 0. The van der Waals surface area contributed by atoms with E-state index in [0.29, 0.717) is 21.9 Å². The summed E-state index contributed by atoms with van der Waals surface area (Å²) in [5, 5.41) is 1.24. The van der Waals surface area contributed by atoms with Gasteiger partial charge in [0.05, 0.1) is 0 Å². The first-order valence-corrected chi connectivity index (χ1v) is 7.92. The predicted molar refractivity (Wildman–Crippen MR) is 96.5 cm³/mol. The molecule has 0 aliphatic rings. The Hall–Kier alpha value is -2.72. The molecule has 2 aromatic carbocycles. The van der Waals surface area contributed by atoms with E-state index >= 15 is 0 Å². The van der Waals surface area contributed by atoms with Gasteiger partial charge in [0.2, 0.25) is 0 Å². The molecule has 1 aromatic heterocycles. The fraction of sp³-hybridized carbons (Fsp3) is 0.200. The molecule has 4 heteroatoms. The van der Waals surface area contributed by atoms with E-state index in [9.17, 15) is 9.59 Å². The summed E-state index contributed by atoms with van der Waals surface area (Å²) in [5.41, 5.74) is 9.65. The smallest absolute Gasteiger partial charge is 0.255 e. The highest BCUT2D eigenvalue weighted by molar-refractivity contribution is 6.17. The molecule has 4 nitrogen and oxygen atoms in total. The van der Waals surface area contributed by atoms with Gasteiger partial charge in [0.25, 0.3) is 5.56 Å². The Labute approximate surface area is 140 Å². The van der Waals surface area contributed by atoms with Crippen molar-refractivity contribution in [2.24, 2.45) is 5.73 Å². The maximum atomic E-state index is 13.1. The molecule has 24 heavy (non-hydrogen) atoms. The number of nitrogens with one attached hydrogen (secondary N) is 1. The fourth-order valence-electron chi connectivity index (χ4n) is 3.05. The van der Waals surface area contributed by atoms with Crippen molar-refractivity contribution in [2.45, 2.75) is 26.8 Å². The zero-order valence-corrected chi connectivity index (χ0v) is 14.0. The number of carbonyl (C=O) groups is 1. The van der Waals surface area contributed by atoms with Crippen LogP contribution >= 0.6 is 0 Å². The molecule has 1 heterocycles. The van der Waals surface area contributed by atoms with E-state index in [0.717, 1.165) is 16.7 Å². The van der Waals surface area contributed by atoms with Crippen LogP contribution in [0.4, 0.5) is 0 Å². The molecule has 0 saturated carbocycles. The molecule has 0 aliphatic heterocycles. The van der Waals surface area contributed by atoms with Gasteiger partial charge >= 0.3 is 0 Å². The summed E-state index contributed by atoms with van der Waals surface area (Å²) >= 11 is 0. The lowest BCUT2D eigenvalue weighted by molar-refractivity contribution is 0.103. The predicted octanol–water partition coefficient (Wildman–Crippen LogP) is 3.40. The van der Waals surface area contributed by atoms with Crippen LogP contribution < -0.4 is 11.3 Å². The summed E-state index contributed by atoms with van der Waals surface area (Å²) in [4.78, 5) is 27.8. The molecule has 1 atom stereocenters. The Bertz CT molecular complexity index is 1000. The minimum absolute atomic E-state index is 0.0776. The molecule has 122 valence electrons. The number of aryl methyl sites for hydroxylation is 2. The molecule has 0 radical (unpaired) electrons. The van der Waals surface area contributed by atoms with Gasteiger partial charge < -0.3 is 10.7 Å². The highest BCUT2D eigenvalue weighted by atomic mass is 16.1. The average Bonchev–Trinajstić information content (AvgIpc) is 2.57. The van der Waals surface area contributed by atoms with E-state index in [2.05, 4.69) is 4.98 Å². The van der Waals surface area contributed by atoms with Gasteiger partial charge in [0.15, 0.2) is 5.78 Å². The average molecular weight is 320 g/mol. The SMILES string of the molecule is Cc1cc([C@H](C)N)ccc1C(=O)c1cccc2c(=O)[nH]cc(C)c12. The Morgan fingerprint density at radius 1 is 1.08 bits per heavy atom. The lowest BCUT2D eigenvalue weighted by atomic mass is 9.92. The van der Waals surface area contributed by atoms with Crippen LogP contribution in [-0.2, 0) is 0 Å². The first-order valence-electron chi connectivity index (χ1n) is 7.92. The minimum Gasteiger partial charge on any atom is -0.328 e. The van der Waals surface area contributed by atoms with Crippen molar-refractivity contribution in [2.75, 3.05) is 0 Å². The van der Waals surface area contributed by atoms with Crippen LogP contribution in [0.2, 0.25) is 0 Å². The molecular weight excluding hydrogens is 300 g/mol. The van der Waals surface area contributed by atoms with Crippen LogP contribution in [0, 0.1) is 13.8 Å². The van der Waals surface area contributed by atoms with Crippen molar-refractivity contribution in [3.63, 3.8) is 0 Å². The van der Waals surface area contributed by atoms with Crippen LogP contribution in [0.3, 0.4) is 0 Å². The van der Waals surface area contributed by atoms with Gasteiger partial charge in [0.1, 0.15) is 0 Å². The summed E-state index contributed by atoms with van der Waals surface area (Å²) in [7, 11) is 0. The molecular formula is C20H20N2O2. The summed E-state index contributed by atoms with van der Waals surface area (Å²) in [6.07, 6.45) is 1.65. The largest absolute Gasteiger partial charge is 0.328 e. The number of fused-ring (bicyclic) bond motifs is 1. The van der Waals surface area contributed by atoms with Gasteiger partial charge in [-0.3, -0.25) is 9.59 Å². The van der Waals surface area contributed by atoms with Crippen LogP contribution in [0.5, 0.6) is 0 Å². The molecule has 3 N–H and O–H groups in total. The number of nitrogens with two attached hydrogens (primary N) is 1. The third kappa shape index (κ3) is 2.65. The van der Waals surface area contributed by atoms with Crippen molar-refractivity contribution in [3.8, 4) is 0 Å². The molecule has 0 amide bonds. The summed E-state index contributed by atoms with van der Waals surface area (Å²) in [5.74, 6) is -0.0805. The zero-order chi connectivity index (χ0) is 17.4. The second kappa shape index (κ2) is 6.06. The number of rotatable bonds is 3. The minimum atomic E-state index is -0.186. The second-order valence-electron chi connectivity index (χ2n) is 6.22. The number of hydrogen-bond acceptors (Lipinski definition) is 3. The number of H-pyrrole nitrogens is 1. The molecule has 0 bridgehead atoms. The van der Waals surface area contributed by atoms with Crippen LogP contribution in [-0.4, -0.2) is 10.8 Å². The maximum absolute atomic E-state index is 13.1. The van der Waals surface area contributed by atoms with E-state index in [1.54, 1.807) is 24.4 Å². The van der Waals surface area contributed by atoms with E-state index in [4.69, 9.17) is 5.73 Å². The third-order valence-electron chi connectivity index (χ3n) is 4.39. The quantitative estimate of drug-likeness (QED) is 0.726. The standard InChI is InChI=1S/C20H20N2O2/c1-11-9-14(13(3)21)7-8-15(11)19(23)16-5-4-6-17-18(16)12(2)10-22-20(17)24/h4-10,13H,21H2,1-3H3,(H,22,24)/t13-/m0/s1. The summed E-state index contributed by atoms with van der Waals surface area (Å²) in [6.45, 7) is 5.71. The maximum Gasteiger partial charge on any atom is 0.255 e. The number of ketones is 1. The van der Waals surface area contributed by atoms with Crippen LogP contribution in [0.25, 0.3) is 10.8 Å². The van der Waals surface area contributed by atoms with Crippen molar-refractivity contribution >= 4 is 16.6 Å². The van der Waals surface area contributed by atoms with E-state index < -0.39 is 0 Å². The topological polar surface area (TPSA) is 76.0 Å². The van der Waals surface area contributed by atoms with Crippen LogP contribution in [0.15, 0.2) is 47.4 Å². The van der Waals surface area contributed by atoms with Crippen molar-refractivity contribution in [1.82, 2.24) is 4.98 Å². The molecule has 3 rings (SSSR count). The third-order valence-corrected chi connectivity index (χ3v) is 4.39. The summed E-state index contributed by atoms with van der Waals surface area (Å²) in [6, 6.07) is 10.8. The first kappa shape index (κ1) is 16.1. The van der Waals surface area contributed by atoms with Gasteiger partial charge in [-0.15, -0.1) is 0 Å². The van der Waals surface area contributed by atoms with Gasteiger partial charge in [-0.2, -0.15) is 0 Å². The molecule has 0 spiro atoms. The lowest BCUT2D eigenvalue weighted by Crippen LogP contribution is -2.11. The second-order valence-corrected chi connectivity index (χ2v) is 6.22. The van der Waals surface area contributed by atoms with Gasteiger partial charge in [-0.1, -0.05) is 30.3 Å². The number of aromatic amines is 1. The Balaban J connectivity index is 2.20. The van der Waals surface area contributed by atoms with Gasteiger partial charge in [-0.05, 0) is 43.5 Å². The monoisotopic (exact) mass is 320 g/mol. The molecule has 0 aliphatic carbocycles. The Morgan fingerprint density at radius 3 is 2.50 bits per heavy atom. The van der Waals surface area contributed by atoms with Gasteiger partial charge in [-0.25, -0.2) is 0 Å². The molecule has 0 fully saturated rings. The van der Waals surface area contributed by atoms with E-state index in [-0.39, 0.29) is 17.4 Å². The number of hydrogen-bond donors (Lipinski definition) is 2. The van der Waals surface area contributed by atoms with Crippen molar-refractivity contribution in [3.05, 3.63) is 80.8 Å². The number of aromatic nitrogens is 1. The van der Waals surface area contributed by atoms with E-state index in [1.165, 1.54) is 0 Å². The number of carbonyl (C=O) groups excluding carboxylic acids is 1. The Morgan fingerprint density at radius 2 is 1.83 bits per heavy atom. The normalized spacial score (nSPS) is 12.3. The zero-order valence-electron chi connectivity index (χ0n) is 14.0. The lowest BCUT2D eigenvalue weighted by Gasteiger charge is -2.12. The molecule has 0 unspecified atom stereocenters. The molecule has 3 aromatic rings. The molecule has 0 saturated heterocycles. The van der Waals surface area contributed by atoms with Crippen molar-refractivity contribution < 1.29 is 4.79 Å². The van der Waals surface area contributed by atoms with E-state index in [1.807, 2.05) is 39.0 Å². The highest BCUT2D eigenvalue weighted by Gasteiger charge is 2.17. The Kier molecular flexibility index (Phi) is 4.08. The van der Waals surface area contributed by atoms with Crippen molar-refractivity contribution in [1.29, 1.82) is 0 Å². The fourth-order valence-corrected chi connectivity index (χ4v) is 3.05. The van der Waals surface area contributed by atoms with Crippen LogP contribution in [0.1, 0.15) is 45.6 Å².